The highest BCUT2D eigenvalue weighted by Gasteiger charge is 2.56. The van der Waals surface area contributed by atoms with Crippen molar-refractivity contribution in [3.05, 3.63) is 20.2 Å². The molecule has 0 aromatic carbocycles. The topological polar surface area (TPSA) is 95.5 Å². The fourth-order valence-electron chi connectivity index (χ4n) is 3.11. The second kappa shape index (κ2) is 5.40. The van der Waals surface area contributed by atoms with Crippen LogP contribution in [-0.2, 0) is 4.74 Å². The lowest BCUT2D eigenvalue weighted by Crippen LogP contribution is -2.58. The molecule has 7 heteroatoms. The van der Waals surface area contributed by atoms with Crippen LogP contribution in [0.2, 0.25) is 0 Å². The first kappa shape index (κ1) is 15.8. The molecular formula is C12H22N2O5. The zero-order valence-electron chi connectivity index (χ0n) is 12.0. The van der Waals surface area contributed by atoms with E-state index < -0.39 is 29.0 Å². The molecule has 0 aliphatic heterocycles. The van der Waals surface area contributed by atoms with Crippen LogP contribution in [0.5, 0.6) is 0 Å². The van der Waals surface area contributed by atoms with Crippen LogP contribution >= 0.6 is 0 Å². The molecule has 1 aliphatic carbocycles. The Hall–Kier alpha value is -1.24. The summed E-state index contributed by atoms with van der Waals surface area (Å²) in [6.45, 7) is 7.39. The normalized spacial score (nSPS) is 35.9. The second-order valence-corrected chi connectivity index (χ2v) is 6.40. The molecular weight excluding hydrogens is 252 g/mol. The summed E-state index contributed by atoms with van der Waals surface area (Å²) in [5.41, 5.74) is -0.274. The van der Waals surface area contributed by atoms with E-state index >= 15 is 0 Å². The van der Waals surface area contributed by atoms with Gasteiger partial charge in [-0.15, -0.1) is 0 Å². The molecule has 0 aromatic rings. The maximum absolute atomic E-state index is 11.3. The third kappa shape index (κ3) is 3.02. The van der Waals surface area contributed by atoms with Gasteiger partial charge in [-0.3, -0.25) is 20.2 Å². The van der Waals surface area contributed by atoms with Gasteiger partial charge in [0.15, 0.2) is 0 Å². The van der Waals surface area contributed by atoms with Gasteiger partial charge in [0.25, 0.3) is 0 Å². The van der Waals surface area contributed by atoms with E-state index in [0.29, 0.717) is 6.42 Å². The lowest BCUT2D eigenvalue weighted by molar-refractivity contribution is -0.595. The molecule has 19 heavy (non-hydrogen) atoms. The van der Waals surface area contributed by atoms with Crippen molar-refractivity contribution in [1.29, 1.82) is 0 Å². The molecule has 0 amide bonds. The molecule has 7 nitrogen and oxygen atoms in total. The van der Waals surface area contributed by atoms with E-state index in [1.54, 1.807) is 6.92 Å². The van der Waals surface area contributed by atoms with E-state index in [0.717, 1.165) is 0 Å². The largest absolute Gasteiger partial charge is 0.374 e. The molecule has 5 atom stereocenters. The van der Waals surface area contributed by atoms with Crippen molar-refractivity contribution >= 4 is 0 Å². The smallest absolute Gasteiger partial charge is 0.248 e. The predicted octanol–water partition coefficient (Wildman–Crippen LogP) is 1.99. The molecule has 1 rings (SSSR count). The molecule has 0 N–H and O–H groups in total. The van der Waals surface area contributed by atoms with Crippen molar-refractivity contribution in [3.63, 3.8) is 0 Å². The maximum atomic E-state index is 11.3. The van der Waals surface area contributed by atoms with Gasteiger partial charge >= 0.3 is 0 Å². The van der Waals surface area contributed by atoms with Crippen molar-refractivity contribution in [2.45, 2.75) is 52.3 Å². The summed E-state index contributed by atoms with van der Waals surface area (Å²) >= 11 is 0. The van der Waals surface area contributed by atoms with Crippen LogP contribution in [0.15, 0.2) is 0 Å². The van der Waals surface area contributed by atoms with E-state index in [1.807, 2.05) is 20.8 Å². The Bertz CT molecular complexity index is 366. The summed E-state index contributed by atoms with van der Waals surface area (Å²) in [5.74, 6) is -0.840. The Morgan fingerprint density at radius 1 is 1.16 bits per heavy atom. The van der Waals surface area contributed by atoms with Gasteiger partial charge in [0, 0.05) is 29.3 Å². The number of methoxy groups -OCH3 is 1. The highest BCUT2D eigenvalue weighted by atomic mass is 16.6. The van der Waals surface area contributed by atoms with Gasteiger partial charge in [-0.1, -0.05) is 20.8 Å². The Morgan fingerprint density at radius 3 is 2.00 bits per heavy atom. The van der Waals surface area contributed by atoms with Crippen molar-refractivity contribution in [1.82, 2.24) is 0 Å². The van der Waals surface area contributed by atoms with Crippen molar-refractivity contribution in [3.8, 4) is 0 Å². The monoisotopic (exact) mass is 274 g/mol. The average molecular weight is 274 g/mol. The summed E-state index contributed by atoms with van der Waals surface area (Å²) < 4.78 is 5.34. The summed E-state index contributed by atoms with van der Waals surface area (Å²) in [5, 5.41) is 22.4. The minimum absolute atomic E-state index is 0.209. The zero-order chi connectivity index (χ0) is 15.0. The van der Waals surface area contributed by atoms with Crippen molar-refractivity contribution < 1.29 is 14.6 Å². The van der Waals surface area contributed by atoms with Crippen LogP contribution in [-0.4, -0.2) is 35.1 Å². The fourth-order valence-corrected chi connectivity index (χ4v) is 3.11. The number of ether oxygens (including phenoxy) is 1. The second-order valence-electron chi connectivity index (χ2n) is 6.40. The number of hydrogen-bond donors (Lipinski definition) is 0. The van der Waals surface area contributed by atoms with Crippen LogP contribution < -0.4 is 0 Å². The molecule has 0 spiro atoms. The average Bonchev–Trinajstić information content (AvgIpc) is 2.25. The number of nitro groups is 2. The minimum Gasteiger partial charge on any atom is -0.374 e. The van der Waals surface area contributed by atoms with E-state index in [9.17, 15) is 20.2 Å². The predicted molar refractivity (Wildman–Crippen MR) is 69.1 cm³/mol. The van der Waals surface area contributed by atoms with Gasteiger partial charge in [-0.2, -0.15) is 0 Å². The first-order valence-corrected chi connectivity index (χ1v) is 6.41. The Kier molecular flexibility index (Phi) is 4.50. The van der Waals surface area contributed by atoms with Gasteiger partial charge < -0.3 is 4.74 Å². The minimum atomic E-state index is -1.03. The van der Waals surface area contributed by atoms with E-state index in [2.05, 4.69) is 0 Å². The van der Waals surface area contributed by atoms with E-state index in [4.69, 9.17) is 4.74 Å². The highest BCUT2D eigenvalue weighted by molar-refractivity contribution is 4.96. The van der Waals surface area contributed by atoms with E-state index in [-0.39, 0.29) is 16.3 Å². The molecule has 110 valence electrons. The molecule has 1 aliphatic rings. The maximum Gasteiger partial charge on any atom is 0.248 e. The first-order valence-electron chi connectivity index (χ1n) is 6.41. The van der Waals surface area contributed by atoms with Crippen molar-refractivity contribution in [2.24, 2.45) is 17.3 Å². The standard InChI is InChI=1S/C12H22N2O5/c1-7-9(13(15)16)6-8(12(2,3)4)11(19-5)10(7)14(17)18/h7-11H,6H2,1-5H3. The molecule has 0 saturated heterocycles. The number of rotatable bonds is 3. The molecule has 0 heterocycles. The van der Waals surface area contributed by atoms with Gasteiger partial charge in [-0.05, 0) is 12.3 Å². The summed E-state index contributed by atoms with van der Waals surface area (Å²) in [4.78, 5) is 21.6. The number of nitrogens with zero attached hydrogens (tertiary/aromatic N) is 2. The summed E-state index contributed by atoms with van der Waals surface area (Å²) in [6, 6.07) is -1.91. The van der Waals surface area contributed by atoms with Crippen LogP contribution in [0.3, 0.4) is 0 Å². The van der Waals surface area contributed by atoms with E-state index in [1.165, 1.54) is 7.11 Å². The van der Waals surface area contributed by atoms with Gasteiger partial charge in [0.05, 0.1) is 5.92 Å². The van der Waals surface area contributed by atoms with Crippen LogP contribution in [0.4, 0.5) is 0 Å². The SMILES string of the molecule is COC1C([N+](=O)[O-])C(C)C([N+](=O)[O-])CC1C(C)(C)C. The quantitative estimate of drug-likeness (QED) is 0.579. The zero-order valence-corrected chi connectivity index (χ0v) is 12.0. The molecule has 1 saturated carbocycles. The lowest BCUT2D eigenvalue weighted by atomic mass is 9.64. The van der Waals surface area contributed by atoms with Gasteiger partial charge in [0.1, 0.15) is 6.10 Å². The Morgan fingerprint density at radius 2 is 1.68 bits per heavy atom. The van der Waals surface area contributed by atoms with Crippen LogP contribution in [0.25, 0.3) is 0 Å². The molecule has 0 aromatic heterocycles. The first-order chi connectivity index (χ1) is 8.61. The molecule has 5 unspecified atom stereocenters. The number of hydrogen-bond acceptors (Lipinski definition) is 5. The molecule has 0 bridgehead atoms. The highest BCUT2D eigenvalue weighted by Crippen LogP contribution is 2.43. The molecule has 0 radical (unpaired) electrons. The van der Waals surface area contributed by atoms with Crippen LogP contribution in [0, 0.1) is 37.5 Å². The summed E-state index contributed by atoms with van der Waals surface area (Å²) in [7, 11) is 1.44. The third-order valence-corrected chi connectivity index (χ3v) is 4.27. The third-order valence-electron chi connectivity index (χ3n) is 4.27. The molecule has 1 fully saturated rings. The Balaban J connectivity index is 3.19. The summed E-state index contributed by atoms with van der Waals surface area (Å²) in [6.07, 6.45) is -0.262. The van der Waals surface area contributed by atoms with Crippen LogP contribution in [0.1, 0.15) is 34.1 Å². The Labute approximate surface area is 112 Å². The fraction of sp³-hybridized carbons (Fsp3) is 1.00. The van der Waals surface area contributed by atoms with Gasteiger partial charge in [0.2, 0.25) is 12.1 Å². The van der Waals surface area contributed by atoms with Crippen molar-refractivity contribution in [2.75, 3.05) is 7.11 Å². The lowest BCUT2D eigenvalue weighted by Gasteiger charge is -2.43. The van der Waals surface area contributed by atoms with Gasteiger partial charge in [-0.25, -0.2) is 0 Å².